The highest BCUT2D eigenvalue weighted by molar-refractivity contribution is 8.00. The van der Waals surface area contributed by atoms with E-state index in [1.807, 2.05) is 31.2 Å². The van der Waals surface area contributed by atoms with Crippen molar-refractivity contribution >= 4 is 23.5 Å². The van der Waals surface area contributed by atoms with Crippen molar-refractivity contribution in [2.45, 2.75) is 45.0 Å². The number of Topliss-reactive ketones (excluding diaryl/α,β-unsaturated/α-hetero) is 1. The van der Waals surface area contributed by atoms with Gasteiger partial charge in [-0.05, 0) is 40.2 Å². The fourth-order valence-electron chi connectivity index (χ4n) is 3.06. The van der Waals surface area contributed by atoms with Gasteiger partial charge in [-0.15, -0.1) is 5.10 Å². The third-order valence-corrected chi connectivity index (χ3v) is 5.57. The summed E-state index contributed by atoms with van der Waals surface area (Å²) in [6, 6.07) is 7.96. The maximum atomic E-state index is 13.0. The lowest BCUT2D eigenvalue weighted by molar-refractivity contribution is 0.0525. The predicted molar refractivity (Wildman–Crippen MR) is 112 cm³/mol. The summed E-state index contributed by atoms with van der Waals surface area (Å²) in [7, 11) is 0. The van der Waals surface area contributed by atoms with Crippen LogP contribution in [0.3, 0.4) is 0 Å². The van der Waals surface area contributed by atoms with E-state index in [0.29, 0.717) is 33.5 Å². The first-order chi connectivity index (χ1) is 13.8. The van der Waals surface area contributed by atoms with Crippen LogP contribution in [0.15, 0.2) is 29.4 Å². The Morgan fingerprint density at radius 2 is 1.86 bits per heavy atom. The first kappa shape index (κ1) is 20.9. The number of carbonyl (C=O) groups excluding carboxylic acids is 2. The Kier molecular flexibility index (Phi) is 6.22. The largest absolute Gasteiger partial charge is 0.462 e. The number of nitrogens with one attached hydrogen (secondary N) is 2. The number of benzene rings is 1. The molecular weight excluding hydrogens is 388 g/mol. The van der Waals surface area contributed by atoms with E-state index in [1.54, 1.807) is 27.7 Å². The fourth-order valence-corrected chi connectivity index (χ4v) is 3.84. The molecule has 2 heterocycles. The number of hydrogen-bond acceptors (Lipinski definition) is 6. The molecule has 0 aliphatic rings. The van der Waals surface area contributed by atoms with E-state index in [4.69, 9.17) is 4.74 Å². The lowest BCUT2D eigenvalue weighted by atomic mass is 10.1. The normalized spacial score (nSPS) is 12.0. The Hall–Kier alpha value is -2.87. The van der Waals surface area contributed by atoms with Crippen molar-refractivity contribution in [3.05, 3.63) is 52.3 Å². The van der Waals surface area contributed by atoms with Crippen LogP contribution in [-0.4, -0.2) is 43.8 Å². The van der Waals surface area contributed by atoms with E-state index in [1.165, 1.54) is 17.3 Å². The molecule has 1 atom stereocenters. The van der Waals surface area contributed by atoms with Crippen molar-refractivity contribution < 1.29 is 14.3 Å². The number of esters is 1. The van der Waals surface area contributed by atoms with Gasteiger partial charge in [-0.25, -0.2) is 9.78 Å². The molecule has 0 bridgehead atoms. The molecule has 152 valence electrons. The maximum Gasteiger partial charge on any atom is 0.340 e. The van der Waals surface area contributed by atoms with E-state index in [-0.39, 0.29) is 12.4 Å². The second kappa shape index (κ2) is 8.65. The Bertz CT molecular complexity index is 1040. The number of hydrogen-bond donors (Lipinski definition) is 2. The van der Waals surface area contributed by atoms with Crippen LogP contribution < -0.4 is 0 Å². The van der Waals surface area contributed by atoms with Gasteiger partial charge in [0.25, 0.3) is 0 Å². The number of carbonyl (C=O) groups is 2. The Morgan fingerprint density at radius 3 is 2.52 bits per heavy atom. The van der Waals surface area contributed by atoms with Crippen molar-refractivity contribution in [3.63, 3.8) is 0 Å². The number of ketones is 1. The van der Waals surface area contributed by atoms with E-state index in [0.717, 1.165) is 5.56 Å². The van der Waals surface area contributed by atoms with E-state index in [2.05, 4.69) is 20.2 Å². The fraction of sp³-hybridized carbons (Fsp3) is 0.333. The van der Waals surface area contributed by atoms with Gasteiger partial charge in [-0.3, -0.25) is 9.89 Å². The first-order valence-electron chi connectivity index (χ1n) is 9.38. The number of aromatic nitrogens is 4. The number of ether oxygens (including phenoxy) is 1. The van der Waals surface area contributed by atoms with Crippen molar-refractivity contribution in [1.82, 2.24) is 20.2 Å². The monoisotopic (exact) mass is 412 g/mol. The molecular formula is C21H24N4O3S. The number of aryl methyl sites for hydroxylation is 2. The summed E-state index contributed by atoms with van der Waals surface area (Å²) >= 11 is 1.27. The van der Waals surface area contributed by atoms with Gasteiger partial charge in [0.05, 0.1) is 23.1 Å². The van der Waals surface area contributed by atoms with Gasteiger partial charge in [0, 0.05) is 11.3 Å². The molecule has 8 heteroatoms. The highest BCUT2D eigenvalue weighted by Gasteiger charge is 2.27. The van der Waals surface area contributed by atoms with Crippen molar-refractivity contribution in [2.24, 2.45) is 0 Å². The maximum absolute atomic E-state index is 13.0. The zero-order valence-corrected chi connectivity index (χ0v) is 17.9. The number of rotatable bonds is 7. The van der Waals surface area contributed by atoms with Crippen LogP contribution in [0.25, 0.3) is 11.4 Å². The van der Waals surface area contributed by atoms with E-state index in [9.17, 15) is 9.59 Å². The number of nitrogens with zero attached hydrogens (tertiary/aromatic N) is 2. The summed E-state index contributed by atoms with van der Waals surface area (Å²) in [6.45, 7) is 9.37. The van der Waals surface area contributed by atoms with Crippen LogP contribution in [0, 0.1) is 20.8 Å². The molecule has 0 aliphatic heterocycles. The van der Waals surface area contributed by atoms with Gasteiger partial charge in [-0.1, -0.05) is 41.6 Å². The first-order valence-corrected chi connectivity index (χ1v) is 10.3. The second-order valence-corrected chi connectivity index (χ2v) is 8.11. The highest BCUT2D eigenvalue weighted by Crippen LogP contribution is 2.27. The number of thioether (sulfide) groups is 1. The van der Waals surface area contributed by atoms with Crippen LogP contribution in [0.1, 0.15) is 51.5 Å². The van der Waals surface area contributed by atoms with Gasteiger partial charge in [0.1, 0.15) is 0 Å². The molecule has 1 aromatic carbocycles. The average Bonchev–Trinajstić information content (AvgIpc) is 3.26. The Balaban J connectivity index is 1.75. The minimum atomic E-state index is -0.427. The molecule has 2 N–H and O–H groups in total. The van der Waals surface area contributed by atoms with Gasteiger partial charge in [0.15, 0.2) is 11.6 Å². The number of aromatic amines is 2. The minimum Gasteiger partial charge on any atom is -0.462 e. The van der Waals surface area contributed by atoms with E-state index < -0.39 is 11.2 Å². The molecule has 0 saturated carbocycles. The molecule has 0 spiro atoms. The van der Waals surface area contributed by atoms with Crippen molar-refractivity contribution in [3.8, 4) is 11.4 Å². The summed E-state index contributed by atoms with van der Waals surface area (Å²) in [5.41, 5.74) is 4.17. The standard InChI is InChI=1S/C21H24N4O3S/c1-6-28-20(27)16-12(3)17(22-13(16)4)18(26)14(5)29-21-23-19(24-25-21)15-9-7-11(2)8-10-15/h7-10,14,22H,6H2,1-5H3,(H,23,24,25)/t14-/m1/s1. The molecule has 0 unspecified atom stereocenters. The molecule has 3 aromatic rings. The van der Waals surface area contributed by atoms with Crippen LogP contribution in [0.2, 0.25) is 0 Å². The van der Waals surface area contributed by atoms with E-state index >= 15 is 0 Å². The van der Waals surface area contributed by atoms with Gasteiger partial charge in [-0.2, -0.15) is 0 Å². The summed E-state index contributed by atoms with van der Waals surface area (Å²) in [5.74, 6) is 0.117. The zero-order chi connectivity index (χ0) is 21.1. The number of H-pyrrole nitrogens is 2. The molecule has 2 aromatic heterocycles. The van der Waals surface area contributed by atoms with Gasteiger partial charge in [0.2, 0.25) is 5.16 Å². The van der Waals surface area contributed by atoms with Crippen molar-refractivity contribution in [1.29, 1.82) is 0 Å². The van der Waals surface area contributed by atoms with Gasteiger partial charge >= 0.3 is 5.97 Å². The molecule has 0 fully saturated rings. The molecule has 0 amide bonds. The molecule has 7 nitrogen and oxygen atoms in total. The molecule has 0 radical (unpaired) electrons. The third-order valence-electron chi connectivity index (χ3n) is 4.60. The topological polar surface area (TPSA) is 101 Å². The molecule has 0 aliphatic carbocycles. The highest BCUT2D eigenvalue weighted by atomic mass is 32.2. The smallest absolute Gasteiger partial charge is 0.340 e. The summed E-state index contributed by atoms with van der Waals surface area (Å²) in [6.07, 6.45) is 0. The third kappa shape index (κ3) is 4.42. The second-order valence-electron chi connectivity index (χ2n) is 6.80. The van der Waals surface area contributed by atoms with Crippen LogP contribution >= 0.6 is 11.8 Å². The van der Waals surface area contributed by atoms with Crippen LogP contribution in [0.5, 0.6) is 0 Å². The Morgan fingerprint density at radius 1 is 1.17 bits per heavy atom. The summed E-state index contributed by atoms with van der Waals surface area (Å²) in [4.78, 5) is 32.6. The Labute approximate surface area is 173 Å². The lowest BCUT2D eigenvalue weighted by Gasteiger charge is -2.07. The molecule has 0 saturated heterocycles. The van der Waals surface area contributed by atoms with Crippen LogP contribution in [-0.2, 0) is 4.74 Å². The van der Waals surface area contributed by atoms with Crippen LogP contribution in [0.4, 0.5) is 0 Å². The minimum absolute atomic E-state index is 0.118. The molecule has 29 heavy (non-hydrogen) atoms. The lowest BCUT2D eigenvalue weighted by Crippen LogP contribution is -2.16. The SMILES string of the molecule is CCOC(=O)c1c(C)[nH]c(C(=O)[C@@H](C)Sc2n[nH]c(-c3ccc(C)cc3)n2)c1C. The zero-order valence-electron chi connectivity index (χ0n) is 17.1. The average molecular weight is 413 g/mol. The van der Waals surface area contributed by atoms with Crippen molar-refractivity contribution in [2.75, 3.05) is 6.61 Å². The summed E-state index contributed by atoms with van der Waals surface area (Å²) in [5, 5.41) is 7.20. The quantitative estimate of drug-likeness (QED) is 0.341. The van der Waals surface area contributed by atoms with Gasteiger partial charge < -0.3 is 9.72 Å². The molecule has 3 rings (SSSR count). The summed E-state index contributed by atoms with van der Waals surface area (Å²) < 4.78 is 5.09. The predicted octanol–water partition coefficient (Wildman–Crippen LogP) is 4.27.